The van der Waals surface area contributed by atoms with Gasteiger partial charge in [-0.3, -0.25) is 4.79 Å². The lowest BCUT2D eigenvalue weighted by Gasteiger charge is -2.17. The molecule has 1 aliphatic rings. The first kappa shape index (κ1) is 10.1. The zero-order chi connectivity index (χ0) is 10.7. The highest BCUT2D eigenvalue weighted by Gasteiger charge is 2.20. The normalized spacial score (nSPS) is 15.7. The van der Waals surface area contributed by atoms with Crippen molar-refractivity contribution >= 4 is 11.6 Å². The van der Waals surface area contributed by atoms with Gasteiger partial charge in [0.1, 0.15) is 5.69 Å². The quantitative estimate of drug-likeness (QED) is 0.704. The Morgan fingerprint density at radius 2 is 2.00 bits per heavy atom. The number of nitrogens with zero attached hydrogens (tertiary/aromatic N) is 3. The molecule has 0 bridgehead atoms. The standard InChI is InChI=1S/C11H15N3O/c1-2-9(15)10-11(13-6-5-12-10)14-7-3-4-8-14/h5-6H,2-4,7-8H2,1H3. The lowest BCUT2D eigenvalue weighted by Crippen LogP contribution is -2.22. The number of aromatic nitrogens is 2. The third-order valence-corrected chi connectivity index (χ3v) is 2.67. The number of ketones is 1. The lowest BCUT2D eigenvalue weighted by molar-refractivity contribution is 0.0983. The van der Waals surface area contributed by atoms with Gasteiger partial charge in [-0.1, -0.05) is 6.92 Å². The summed E-state index contributed by atoms with van der Waals surface area (Å²) in [5.41, 5.74) is 0.530. The first-order chi connectivity index (χ1) is 7.33. The van der Waals surface area contributed by atoms with Crippen molar-refractivity contribution in [1.82, 2.24) is 9.97 Å². The molecule has 1 saturated heterocycles. The second kappa shape index (κ2) is 4.38. The van der Waals surface area contributed by atoms with E-state index in [9.17, 15) is 4.79 Å². The van der Waals surface area contributed by atoms with Crippen LogP contribution in [0.1, 0.15) is 36.7 Å². The van der Waals surface area contributed by atoms with Crippen molar-refractivity contribution in [3.05, 3.63) is 18.1 Å². The third kappa shape index (κ3) is 1.98. The molecule has 1 aliphatic heterocycles. The number of hydrogen-bond donors (Lipinski definition) is 0. The van der Waals surface area contributed by atoms with E-state index in [1.54, 1.807) is 12.4 Å². The molecule has 1 fully saturated rings. The molecular weight excluding hydrogens is 190 g/mol. The maximum absolute atomic E-state index is 11.7. The summed E-state index contributed by atoms with van der Waals surface area (Å²) in [4.78, 5) is 22.2. The molecule has 4 heteroatoms. The fourth-order valence-electron chi connectivity index (χ4n) is 1.86. The van der Waals surface area contributed by atoms with E-state index in [-0.39, 0.29) is 5.78 Å². The second-order valence-corrected chi connectivity index (χ2v) is 3.70. The van der Waals surface area contributed by atoms with Gasteiger partial charge in [-0.05, 0) is 12.8 Å². The molecule has 0 radical (unpaired) electrons. The molecule has 15 heavy (non-hydrogen) atoms. The Morgan fingerprint density at radius 3 is 2.67 bits per heavy atom. The fourth-order valence-corrected chi connectivity index (χ4v) is 1.86. The Labute approximate surface area is 89.3 Å². The van der Waals surface area contributed by atoms with Gasteiger partial charge in [-0.15, -0.1) is 0 Å². The molecule has 0 atom stereocenters. The van der Waals surface area contributed by atoms with Crippen molar-refractivity contribution in [2.75, 3.05) is 18.0 Å². The third-order valence-electron chi connectivity index (χ3n) is 2.67. The molecule has 0 amide bonds. The Kier molecular flexibility index (Phi) is 2.94. The zero-order valence-electron chi connectivity index (χ0n) is 8.94. The van der Waals surface area contributed by atoms with Gasteiger partial charge in [0.05, 0.1) is 0 Å². The number of hydrogen-bond acceptors (Lipinski definition) is 4. The smallest absolute Gasteiger partial charge is 0.184 e. The van der Waals surface area contributed by atoms with Gasteiger partial charge in [0, 0.05) is 31.9 Å². The molecule has 0 saturated carbocycles. The molecule has 0 spiro atoms. The van der Waals surface area contributed by atoms with E-state index < -0.39 is 0 Å². The molecule has 0 aromatic carbocycles. The lowest BCUT2D eigenvalue weighted by atomic mass is 10.2. The van der Waals surface area contributed by atoms with Gasteiger partial charge in [0.15, 0.2) is 11.6 Å². The highest BCUT2D eigenvalue weighted by atomic mass is 16.1. The maximum Gasteiger partial charge on any atom is 0.184 e. The van der Waals surface area contributed by atoms with E-state index in [2.05, 4.69) is 14.9 Å². The maximum atomic E-state index is 11.7. The van der Waals surface area contributed by atoms with E-state index in [1.807, 2.05) is 6.92 Å². The minimum Gasteiger partial charge on any atom is -0.355 e. The molecule has 2 heterocycles. The van der Waals surface area contributed by atoms with Gasteiger partial charge in [-0.2, -0.15) is 0 Å². The number of carbonyl (C=O) groups is 1. The second-order valence-electron chi connectivity index (χ2n) is 3.70. The summed E-state index contributed by atoms with van der Waals surface area (Å²) < 4.78 is 0. The molecule has 80 valence electrons. The van der Waals surface area contributed by atoms with E-state index in [4.69, 9.17) is 0 Å². The predicted molar refractivity (Wildman–Crippen MR) is 58.1 cm³/mol. The van der Waals surface area contributed by atoms with Crippen molar-refractivity contribution in [3.8, 4) is 0 Å². The van der Waals surface area contributed by atoms with Gasteiger partial charge in [0.25, 0.3) is 0 Å². The highest BCUT2D eigenvalue weighted by Crippen LogP contribution is 2.21. The minimum atomic E-state index is 0.0741. The van der Waals surface area contributed by atoms with Crippen LogP contribution in [-0.2, 0) is 0 Å². The highest BCUT2D eigenvalue weighted by molar-refractivity contribution is 5.98. The van der Waals surface area contributed by atoms with Crippen molar-refractivity contribution in [1.29, 1.82) is 0 Å². The SMILES string of the molecule is CCC(=O)c1nccnc1N1CCCC1. The number of anilines is 1. The Balaban J connectivity index is 2.32. The monoisotopic (exact) mass is 205 g/mol. The summed E-state index contributed by atoms with van der Waals surface area (Å²) in [6.45, 7) is 3.83. The first-order valence-electron chi connectivity index (χ1n) is 5.42. The van der Waals surface area contributed by atoms with Crippen LogP contribution >= 0.6 is 0 Å². The molecule has 0 unspecified atom stereocenters. The molecule has 0 N–H and O–H groups in total. The average Bonchev–Trinajstić information content (AvgIpc) is 2.81. The average molecular weight is 205 g/mol. The van der Waals surface area contributed by atoms with E-state index >= 15 is 0 Å². The summed E-state index contributed by atoms with van der Waals surface area (Å²) >= 11 is 0. The van der Waals surface area contributed by atoms with E-state index in [0.717, 1.165) is 18.9 Å². The topological polar surface area (TPSA) is 46.1 Å². The van der Waals surface area contributed by atoms with Crippen LogP contribution in [0.2, 0.25) is 0 Å². The van der Waals surface area contributed by atoms with Crippen LogP contribution in [0.3, 0.4) is 0 Å². The molecule has 0 aliphatic carbocycles. The molecule has 1 aromatic rings. The summed E-state index contributed by atoms with van der Waals surface area (Å²) in [5.74, 6) is 0.840. The Hall–Kier alpha value is -1.45. The first-order valence-corrected chi connectivity index (χ1v) is 5.42. The van der Waals surface area contributed by atoms with Gasteiger partial charge in [-0.25, -0.2) is 9.97 Å². The van der Waals surface area contributed by atoms with Gasteiger partial charge < -0.3 is 4.90 Å². The largest absolute Gasteiger partial charge is 0.355 e. The number of Topliss-reactive ketones (excluding diaryl/α,β-unsaturated/α-hetero) is 1. The van der Waals surface area contributed by atoms with Crippen molar-refractivity contribution < 1.29 is 4.79 Å². The van der Waals surface area contributed by atoms with Crippen LogP contribution in [-0.4, -0.2) is 28.8 Å². The van der Waals surface area contributed by atoms with Crippen LogP contribution in [0, 0.1) is 0 Å². The summed E-state index contributed by atoms with van der Waals surface area (Å²) in [6, 6.07) is 0. The Morgan fingerprint density at radius 1 is 1.33 bits per heavy atom. The molecule has 2 rings (SSSR count). The molecule has 1 aromatic heterocycles. The summed E-state index contributed by atoms with van der Waals surface area (Å²) in [5, 5.41) is 0. The Bertz CT molecular complexity index is 359. The fraction of sp³-hybridized carbons (Fsp3) is 0.545. The van der Waals surface area contributed by atoms with Crippen molar-refractivity contribution in [2.45, 2.75) is 26.2 Å². The van der Waals surface area contributed by atoms with E-state index in [0.29, 0.717) is 12.1 Å². The minimum absolute atomic E-state index is 0.0741. The van der Waals surface area contributed by atoms with Crippen LogP contribution in [0.5, 0.6) is 0 Å². The predicted octanol–water partition coefficient (Wildman–Crippen LogP) is 1.67. The van der Waals surface area contributed by atoms with Gasteiger partial charge in [0.2, 0.25) is 0 Å². The van der Waals surface area contributed by atoms with Gasteiger partial charge >= 0.3 is 0 Å². The number of rotatable bonds is 3. The number of carbonyl (C=O) groups excluding carboxylic acids is 1. The van der Waals surface area contributed by atoms with Crippen molar-refractivity contribution in [3.63, 3.8) is 0 Å². The van der Waals surface area contributed by atoms with Crippen LogP contribution in [0.15, 0.2) is 12.4 Å². The van der Waals surface area contributed by atoms with Crippen LogP contribution in [0.25, 0.3) is 0 Å². The van der Waals surface area contributed by atoms with Crippen LogP contribution < -0.4 is 4.90 Å². The zero-order valence-corrected chi connectivity index (χ0v) is 8.94. The summed E-state index contributed by atoms with van der Waals surface area (Å²) in [6.07, 6.45) is 6.08. The molecule has 4 nitrogen and oxygen atoms in total. The van der Waals surface area contributed by atoms with Crippen molar-refractivity contribution in [2.24, 2.45) is 0 Å². The van der Waals surface area contributed by atoms with Crippen LogP contribution in [0.4, 0.5) is 5.82 Å². The molecular formula is C11H15N3O. The van der Waals surface area contributed by atoms with E-state index in [1.165, 1.54) is 12.8 Å². The summed E-state index contributed by atoms with van der Waals surface area (Å²) in [7, 11) is 0.